The number of benzene rings is 1. The predicted molar refractivity (Wildman–Crippen MR) is 75.9 cm³/mol. The van der Waals surface area contributed by atoms with E-state index in [-0.39, 0.29) is 5.41 Å². The van der Waals surface area contributed by atoms with E-state index in [9.17, 15) is 5.26 Å². The molecule has 1 aromatic carbocycles. The van der Waals surface area contributed by atoms with Crippen LogP contribution in [-0.4, -0.2) is 0 Å². The minimum absolute atomic E-state index is 0.228. The van der Waals surface area contributed by atoms with E-state index < -0.39 is 0 Å². The zero-order valence-corrected chi connectivity index (χ0v) is 11.9. The smallest absolute Gasteiger partial charge is 0.0693 e. The highest BCUT2D eigenvalue weighted by Crippen LogP contribution is 2.39. The lowest BCUT2D eigenvalue weighted by Gasteiger charge is -2.25. The highest BCUT2D eigenvalue weighted by atomic mass is 35.5. The Morgan fingerprint density at radius 3 is 2.33 bits per heavy atom. The molecule has 18 heavy (non-hydrogen) atoms. The van der Waals surface area contributed by atoms with Crippen molar-refractivity contribution in [1.82, 2.24) is 0 Å². The first-order valence-corrected chi connectivity index (χ1v) is 7.26. The van der Waals surface area contributed by atoms with E-state index in [1.165, 1.54) is 12.8 Å². The lowest BCUT2D eigenvalue weighted by Crippen LogP contribution is -2.21. The van der Waals surface area contributed by atoms with Gasteiger partial charge in [-0.2, -0.15) is 5.26 Å². The van der Waals surface area contributed by atoms with E-state index in [2.05, 4.69) is 6.07 Å². The molecule has 0 unspecified atom stereocenters. The molecule has 3 heteroatoms. The van der Waals surface area contributed by atoms with Crippen molar-refractivity contribution < 1.29 is 0 Å². The van der Waals surface area contributed by atoms with Crippen LogP contribution in [0.15, 0.2) is 18.2 Å². The van der Waals surface area contributed by atoms with Crippen molar-refractivity contribution >= 4 is 23.2 Å². The topological polar surface area (TPSA) is 23.8 Å². The van der Waals surface area contributed by atoms with Crippen molar-refractivity contribution in [2.45, 2.75) is 44.9 Å². The molecule has 0 aromatic heterocycles. The Balaban J connectivity index is 2.21. The van der Waals surface area contributed by atoms with Crippen molar-refractivity contribution in [1.29, 1.82) is 5.26 Å². The first kappa shape index (κ1) is 13.7. The monoisotopic (exact) mass is 281 g/mol. The fourth-order valence-corrected chi connectivity index (χ4v) is 3.24. The molecule has 1 aromatic rings. The summed E-state index contributed by atoms with van der Waals surface area (Å²) in [7, 11) is 0. The highest BCUT2D eigenvalue weighted by Gasteiger charge is 2.31. The van der Waals surface area contributed by atoms with Crippen LogP contribution in [0.4, 0.5) is 0 Å². The Hall–Kier alpha value is -0.710. The van der Waals surface area contributed by atoms with Crippen LogP contribution in [0.5, 0.6) is 0 Å². The highest BCUT2D eigenvalue weighted by molar-refractivity contribution is 6.35. The number of rotatable bonds is 2. The van der Waals surface area contributed by atoms with Gasteiger partial charge in [-0.05, 0) is 37.0 Å². The Morgan fingerprint density at radius 2 is 1.78 bits per heavy atom. The summed E-state index contributed by atoms with van der Waals surface area (Å²) in [5.74, 6) is 0. The lowest BCUT2D eigenvalue weighted by atomic mass is 9.77. The second-order valence-corrected chi connectivity index (χ2v) is 6.06. The molecule has 0 amide bonds. The fourth-order valence-electron chi connectivity index (χ4n) is 2.76. The van der Waals surface area contributed by atoms with Gasteiger partial charge in [-0.25, -0.2) is 0 Å². The minimum Gasteiger partial charge on any atom is -0.198 e. The molecule has 0 atom stereocenters. The Labute approximate surface area is 119 Å². The van der Waals surface area contributed by atoms with Gasteiger partial charge in [0, 0.05) is 10.0 Å². The van der Waals surface area contributed by atoms with Crippen molar-refractivity contribution in [2.24, 2.45) is 5.41 Å². The fraction of sp³-hybridized carbons (Fsp3) is 0.533. The van der Waals surface area contributed by atoms with Crippen LogP contribution in [0.2, 0.25) is 10.0 Å². The molecule has 0 saturated heterocycles. The second kappa shape index (κ2) is 5.95. The van der Waals surface area contributed by atoms with Crippen LogP contribution in [0.1, 0.15) is 44.1 Å². The third-order valence-electron chi connectivity index (χ3n) is 3.84. The van der Waals surface area contributed by atoms with E-state index in [0.717, 1.165) is 37.7 Å². The summed E-state index contributed by atoms with van der Waals surface area (Å²) in [6.45, 7) is 0. The molecule has 0 aliphatic heterocycles. The molecular weight excluding hydrogens is 265 g/mol. The summed E-state index contributed by atoms with van der Waals surface area (Å²) in [4.78, 5) is 0. The molecule has 1 aliphatic carbocycles. The zero-order valence-electron chi connectivity index (χ0n) is 10.4. The van der Waals surface area contributed by atoms with Crippen molar-refractivity contribution in [2.75, 3.05) is 0 Å². The molecule has 1 nitrogen and oxygen atoms in total. The maximum absolute atomic E-state index is 9.55. The number of nitriles is 1. The molecule has 1 fully saturated rings. The van der Waals surface area contributed by atoms with Crippen molar-refractivity contribution in [3.8, 4) is 6.07 Å². The van der Waals surface area contributed by atoms with Gasteiger partial charge in [0.05, 0.1) is 11.5 Å². The quantitative estimate of drug-likeness (QED) is 0.666. The average Bonchev–Trinajstić information content (AvgIpc) is 2.59. The van der Waals surface area contributed by atoms with E-state index in [4.69, 9.17) is 23.2 Å². The lowest BCUT2D eigenvalue weighted by molar-refractivity contribution is 0.339. The summed E-state index contributed by atoms with van der Waals surface area (Å²) >= 11 is 12.1. The average molecular weight is 282 g/mol. The molecule has 1 aliphatic rings. The molecule has 96 valence electrons. The molecule has 1 saturated carbocycles. The minimum atomic E-state index is -0.228. The van der Waals surface area contributed by atoms with Gasteiger partial charge in [-0.1, -0.05) is 55.0 Å². The Morgan fingerprint density at radius 1 is 1.11 bits per heavy atom. The largest absolute Gasteiger partial charge is 0.198 e. The van der Waals surface area contributed by atoms with E-state index >= 15 is 0 Å². The molecule has 0 heterocycles. The summed E-state index contributed by atoms with van der Waals surface area (Å²) in [6, 6.07) is 8.12. The van der Waals surface area contributed by atoms with Crippen molar-refractivity contribution in [3.05, 3.63) is 33.8 Å². The molecular formula is C15H17Cl2N. The Bertz CT molecular complexity index is 454. The van der Waals surface area contributed by atoms with Crippen LogP contribution < -0.4 is 0 Å². The van der Waals surface area contributed by atoms with Crippen LogP contribution in [0.3, 0.4) is 0 Å². The molecule has 0 spiro atoms. The molecule has 0 bridgehead atoms. The number of hydrogen-bond acceptors (Lipinski definition) is 1. The van der Waals surface area contributed by atoms with Gasteiger partial charge in [0.1, 0.15) is 0 Å². The number of nitrogens with zero attached hydrogens (tertiary/aromatic N) is 1. The number of hydrogen-bond donors (Lipinski definition) is 0. The number of halogens is 2. The first-order chi connectivity index (χ1) is 8.65. The maximum atomic E-state index is 9.55. The van der Waals surface area contributed by atoms with Gasteiger partial charge in [-0.3, -0.25) is 0 Å². The Kier molecular flexibility index (Phi) is 4.54. The predicted octanol–water partition coefficient (Wildman–Crippen LogP) is 5.40. The van der Waals surface area contributed by atoms with Crippen LogP contribution in [0, 0.1) is 16.7 Å². The normalized spacial score (nSPS) is 18.9. The zero-order chi connectivity index (χ0) is 13.0. The standard InChI is InChI=1S/C15H17Cl2N/c16-13-6-5-12(14(17)9-13)10-15(11-18)7-3-1-2-4-8-15/h5-6,9H,1-4,7-8,10H2. The SMILES string of the molecule is N#CC1(Cc2ccc(Cl)cc2Cl)CCCCCC1. The van der Waals surface area contributed by atoms with Crippen molar-refractivity contribution in [3.63, 3.8) is 0 Å². The van der Waals surface area contributed by atoms with Crippen LogP contribution in [-0.2, 0) is 6.42 Å². The van der Waals surface area contributed by atoms with Crippen LogP contribution >= 0.6 is 23.2 Å². The van der Waals surface area contributed by atoms with Gasteiger partial charge >= 0.3 is 0 Å². The molecule has 0 N–H and O–H groups in total. The summed E-state index contributed by atoms with van der Waals surface area (Å²) in [5.41, 5.74) is 0.818. The van der Waals surface area contributed by atoms with Crippen LogP contribution in [0.25, 0.3) is 0 Å². The third kappa shape index (κ3) is 3.19. The van der Waals surface area contributed by atoms with Gasteiger partial charge < -0.3 is 0 Å². The van der Waals surface area contributed by atoms with Gasteiger partial charge in [0.25, 0.3) is 0 Å². The van der Waals surface area contributed by atoms with E-state index in [1.54, 1.807) is 6.07 Å². The van der Waals surface area contributed by atoms with Gasteiger partial charge in [0.2, 0.25) is 0 Å². The van der Waals surface area contributed by atoms with Gasteiger partial charge in [0.15, 0.2) is 0 Å². The molecule has 0 radical (unpaired) electrons. The second-order valence-electron chi connectivity index (χ2n) is 5.22. The molecule has 2 rings (SSSR count). The third-order valence-corrected chi connectivity index (χ3v) is 4.43. The summed E-state index contributed by atoms with van der Waals surface area (Å²) in [6.07, 6.45) is 7.53. The summed E-state index contributed by atoms with van der Waals surface area (Å²) in [5, 5.41) is 10.9. The maximum Gasteiger partial charge on any atom is 0.0693 e. The first-order valence-electron chi connectivity index (χ1n) is 6.50. The summed E-state index contributed by atoms with van der Waals surface area (Å²) < 4.78 is 0. The van der Waals surface area contributed by atoms with Gasteiger partial charge in [-0.15, -0.1) is 0 Å². The van der Waals surface area contributed by atoms with E-state index in [1.807, 2.05) is 12.1 Å². The van der Waals surface area contributed by atoms with E-state index in [0.29, 0.717) is 10.0 Å².